The minimum Gasteiger partial charge on any atom is -0.460 e. The number of benzene rings is 1. The Morgan fingerprint density at radius 1 is 1.03 bits per heavy atom. The highest BCUT2D eigenvalue weighted by Gasteiger charge is 2.68. The highest BCUT2D eigenvalue weighted by Crippen LogP contribution is 2.45. The molecule has 0 spiro atoms. The number of ketones is 1. The third-order valence-electron chi connectivity index (χ3n) is 7.04. The lowest BCUT2D eigenvalue weighted by Gasteiger charge is -2.44. The lowest BCUT2D eigenvalue weighted by molar-refractivity contribution is -0.162. The summed E-state index contributed by atoms with van der Waals surface area (Å²) < 4.78 is 11.5. The van der Waals surface area contributed by atoms with E-state index >= 15 is 0 Å². The van der Waals surface area contributed by atoms with E-state index in [1.807, 2.05) is 18.2 Å². The van der Waals surface area contributed by atoms with Gasteiger partial charge in [0, 0.05) is 5.92 Å². The molecule has 2 fully saturated rings. The summed E-state index contributed by atoms with van der Waals surface area (Å²) in [6, 6.07) is 10.3. The largest absolute Gasteiger partial charge is 0.460 e. The van der Waals surface area contributed by atoms with Crippen LogP contribution in [0.25, 0.3) is 0 Å². The van der Waals surface area contributed by atoms with Gasteiger partial charge >= 0.3 is 12.1 Å². The van der Waals surface area contributed by atoms with Gasteiger partial charge < -0.3 is 9.47 Å². The number of hydrogen-bond acceptors (Lipinski definition) is 5. The first-order valence-corrected chi connectivity index (χ1v) is 11.6. The van der Waals surface area contributed by atoms with Crippen molar-refractivity contribution in [3.63, 3.8) is 0 Å². The molecule has 1 aliphatic heterocycles. The summed E-state index contributed by atoms with van der Waals surface area (Å²) in [4.78, 5) is 39.6. The Kier molecular flexibility index (Phi) is 6.47. The van der Waals surface area contributed by atoms with Crippen LogP contribution in [-0.4, -0.2) is 46.5 Å². The maximum Gasteiger partial charge on any atom is 0.411 e. The molecule has 1 amide bonds. The van der Waals surface area contributed by atoms with Gasteiger partial charge in [0.25, 0.3) is 0 Å². The van der Waals surface area contributed by atoms with Crippen LogP contribution in [-0.2, 0) is 24.5 Å². The summed E-state index contributed by atoms with van der Waals surface area (Å²) in [6.07, 6.45) is 1.76. The molecule has 1 aromatic carbocycles. The standard InChI is InChI=1S/C26H37NO5/c1-17-13-14-20(25(6,7)19-11-9-8-10-12-19)21(15-17)31-22(29)26(18(2)28)16-27(26)23(30)32-24(3,4)5/h8-12,17,20-21H,13-16H2,1-7H3/t17-,20-,21-,26?,27?/m1/s1. The highest BCUT2D eigenvalue weighted by molar-refractivity contribution is 6.14. The molecular formula is C26H37NO5. The normalized spacial score (nSPS) is 28.1. The molecule has 6 heteroatoms. The number of esters is 1. The number of Topliss-reactive ketones (excluding diaryl/α,β-unsaturated/α-hetero) is 1. The molecule has 1 aromatic rings. The zero-order chi connectivity index (χ0) is 23.9. The van der Waals surface area contributed by atoms with E-state index in [0.29, 0.717) is 5.92 Å². The zero-order valence-corrected chi connectivity index (χ0v) is 20.4. The molecule has 3 rings (SSSR count). The van der Waals surface area contributed by atoms with Crippen LogP contribution < -0.4 is 0 Å². The molecule has 0 aromatic heterocycles. The molecule has 4 atom stereocenters. The molecule has 176 valence electrons. The Morgan fingerprint density at radius 2 is 1.66 bits per heavy atom. The summed E-state index contributed by atoms with van der Waals surface area (Å²) >= 11 is 0. The van der Waals surface area contributed by atoms with Crippen LogP contribution >= 0.6 is 0 Å². The van der Waals surface area contributed by atoms with E-state index in [9.17, 15) is 14.4 Å². The first-order valence-electron chi connectivity index (χ1n) is 11.6. The van der Waals surface area contributed by atoms with Gasteiger partial charge in [0.1, 0.15) is 11.7 Å². The summed E-state index contributed by atoms with van der Waals surface area (Å²) in [5, 5.41) is 0. The van der Waals surface area contributed by atoms with Gasteiger partial charge in [-0.3, -0.25) is 9.69 Å². The van der Waals surface area contributed by atoms with E-state index < -0.39 is 29.0 Å². The Labute approximate surface area is 191 Å². The second kappa shape index (κ2) is 8.53. The van der Waals surface area contributed by atoms with Crippen LogP contribution in [0.5, 0.6) is 0 Å². The number of rotatable bonds is 5. The fourth-order valence-corrected chi connectivity index (χ4v) is 4.95. The highest BCUT2D eigenvalue weighted by atomic mass is 16.6. The molecule has 6 nitrogen and oxygen atoms in total. The molecule has 1 saturated heterocycles. The Balaban J connectivity index is 1.82. The van der Waals surface area contributed by atoms with Crippen LogP contribution in [0, 0.1) is 11.8 Å². The molecule has 2 aliphatic rings. The molecular weight excluding hydrogens is 406 g/mol. The van der Waals surface area contributed by atoms with Gasteiger partial charge in [0.05, 0.1) is 6.54 Å². The molecule has 1 aliphatic carbocycles. The fraction of sp³-hybridized carbons (Fsp3) is 0.654. The smallest absolute Gasteiger partial charge is 0.411 e. The monoisotopic (exact) mass is 443 g/mol. The number of ether oxygens (including phenoxy) is 2. The molecule has 1 heterocycles. The van der Waals surface area contributed by atoms with Gasteiger partial charge in [-0.15, -0.1) is 0 Å². The van der Waals surface area contributed by atoms with Crippen molar-refractivity contribution in [1.82, 2.24) is 4.90 Å². The molecule has 0 N–H and O–H groups in total. The van der Waals surface area contributed by atoms with Gasteiger partial charge in [0.2, 0.25) is 5.54 Å². The van der Waals surface area contributed by atoms with Crippen molar-refractivity contribution in [3.8, 4) is 0 Å². The van der Waals surface area contributed by atoms with Gasteiger partial charge in [0.15, 0.2) is 5.78 Å². The Hall–Kier alpha value is -2.37. The summed E-state index contributed by atoms with van der Waals surface area (Å²) in [5.41, 5.74) is -1.28. The van der Waals surface area contributed by atoms with Gasteiger partial charge in [-0.1, -0.05) is 57.5 Å². The predicted octanol–water partition coefficient (Wildman–Crippen LogP) is 4.89. The minimum atomic E-state index is -1.57. The average Bonchev–Trinajstić information content (AvgIpc) is 3.45. The van der Waals surface area contributed by atoms with Crippen LogP contribution in [0.1, 0.15) is 73.3 Å². The SMILES string of the molecule is CC(=O)C1(C(=O)O[C@@H]2C[C@H](C)CC[C@H]2C(C)(C)c2ccccc2)CN1C(=O)OC(C)(C)C. The average molecular weight is 444 g/mol. The molecule has 1 saturated carbocycles. The van der Waals surface area contributed by atoms with Crippen LogP contribution in [0.15, 0.2) is 30.3 Å². The van der Waals surface area contributed by atoms with E-state index in [-0.39, 0.29) is 24.0 Å². The molecule has 1 unspecified atom stereocenters. The minimum absolute atomic E-state index is 0.00506. The second-order valence-corrected chi connectivity index (χ2v) is 11.0. The third kappa shape index (κ3) is 4.69. The second-order valence-electron chi connectivity index (χ2n) is 11.0. The van der Waals surface area contributed by atoms with Crippen molar-refractivity contribution in [2.45, 2.75) is 90.4 Å². The number of amides is 1. The Morgan fingerprint density at radius 3 is 2.22 bits per heavy atom. The summed E-state index contributed by atoms with van der Waals surface area (Å²) in [5.74, 6) is -0.493. The predicted molar refractivity (Wildman–Crippen MR) is 122 cm³/mol. The maximum absolute atomic E-state index is 13.3. The number of hydrogen-bond donors (Lipinski definition) is 0. The van der Waals surface area contributed by atoms with Gasteiger partial charge in [-0.25, -0.2) is 9.59 Å². The lowest BCUT2D eigenvalue weighted by Crippen LogP contribution is -2.48. The van der Waals surface area contributed by atoms with Gasteiger partial charge in [-0.2, -0.15) is 0 Å². The quantitative estimate of drug-likeness (QED) is 0.368. The first-order chi connectivity index (χ1) is 14.8. The lowest BCUT2D eigenvalue weighted by atomic mass is 9.64. The van der Waals surface area contributed by atoms with Crippen LogP contribution in [0.2, 0.25) is 0 Å². The van der Waals surface area contributed by atoms with Crippen molar-refractivity contribution < 1.29 is 23.9 Å². The molecule has 0 radical (unpaired) electrons. The van der Waals surface area contributed by atoms with Crippen molar-refractivity contribution in [2.75, 3.05) is 6.54 Å². The van der Waals surface area contributed by atoms with Crippen LogP contribution in [0.3, 0.4) is 0 Å². The third-order valence-corrected chi connectivity index (χ3v) is 7.04. The van der Waals surface area contributed by atoms with E-state index in [0.717, 1.165) is 19.3 Å². The maximum atomic E-state index is 13.3. The Bertz CT molecular complexity index is 872. The van der Waals surface area contributed by atoms with E-state index in [1.165, 1.54) is 17.4 Å². The topological polar surface area (TPSA) is 72.7 Å². The van der Waals surface area contributed by atoms with E-state index in [2.05, 4.69) is 32.9 Å². The molecule has 0 bridgehead atoms. The molecule has 32 heavy (non-hydrogen) atoms. The first kappa shape index (κ1) is 24.3. The van der Waals surface area contributed by atoms with Gasteiger partial charge in [-0.05, 0) is 57.4 Å². The van der Waals surface area contributed by atoms with E-state index in [1.54, 1.807) is 20.8 Å². The van der Waals surface area contributed by atoms with Crippen molar-refractivity contribution >= 4 is 17.8 Å². The van der Waals surface area contributed by atoms with E-state index in [4.69, 9.17) is 9.47 Å². The van der Waals surface area contributed by atoms with Crippen molar-refractivity contribution in [2.24, 2.45) is 11.8 Å². The van der Waals surface area contributed by atoms with Crippen molar-refractivity contribution in [3.05, 3.63) is 35.9 Å². The number of carbonyl (C=O) groups is 3. The van der Waals surface area contributed by atoms with Crippen LogP contribution in [0.4, 0.5) is 4.79 Å². The zero-order valence-electron chi connectivity index (χ0n) is 20.4. The summed E-state index contributed by atoms with van der Waals surface area (Å²) in [7, 11) is 0. The number of carbonyl (C=O) groups excluding carboxylic acids is 3. The number of nitrogens with zero attached hydrogens (tertiary/aromatic N) is 1. The summed E-state index contributed by atoms with van der Waals surface area (Å²) in [6.45, 7) is 13.1. The fourth-order valence-electron chi connectivity index (χ4n) is 4.95. The van der Waals surface area contributed by atoms with Crippen molar-refractivity contribution in [1.29, 1.82) is 0 Å².